The minimum Gasteiger partial charge on any atom is -0.326 e. The highest BCUT2D eigenvalue weighted by Crippen LogP contribution is 2.28. The van der Waals surface area contributed by atoms with Crippen LogP contribution in [-0.4, -0.2) is 27.1 Å². The first-order valence-corrected chi connectivity index (χ1v) is 9.38. The molecule has 1 aliphatic heterocycles. The lowest BCUT2D eigenvalue weighted by atomic mass is 10.2. The smallest absolute Gasteiger partial charge is 0.260 e. The summed E-state index contributed by atoms with van der Waals surface area (Å²) in [5, 5.41) is 6.43. The van der Waals surface area contributed by atoms with Gasteiger partial charge in [-0.1, -0.05) is 29.4 Å². The average Bonchev–Trinajstić information content (AvgIpc) is 3.05. The van der Waals surface area contributed by atoms with Crippen LogP contribution in [0, 0.1) is 6.92 Å². The molecule has 0 spiro atoms. The maximum Gasteiger partial charge on any atom is 0.260 e. The molecule has 124 valence electrons. The second kappa shape index (κ2) is 7.46. The molecule has 5 nitrogen and oxygen atoms in total. The molecule has 24 heavy (non-hydrogen) atoms. The van der Waals surface area contributed by atoms with Gasteiger partial charge in [0.25, 0.3) is 5.91 Å². The number of aliphatic imine (C=N–C) groups is 1. The molecule has 2 aromatic rings. The van der Waals surface area contributed by atoms with Crippen molar-refractivity contribution in [3.05, 3.63) is 45.4 Å². The number of carbonyl (C=O) groups excluding carboxylic acids is 2. The molecule has 3 rings (SSSR count). The van der Waals surface area contributed by atoms with Crippen LogP contribution in [0.25, 0.3) is 0 Å². The number of benzene rings is 1. The number of anilines is 1. The Bertz CT molecular complexity index is 819. The molecule has 0 saturated carbocycles. The highest BCUT2D eigenvalue weighted by molar-refractivity contribution is 8.15. The monoisotopic (exact) mass is 379 g/mol. The molecule has 1 aromatic heterocycles. The van der Waals surface area contributed by atoms with Crippen molar-refractivity contribution in [2.75, 3.05) is 5.32 Å². The fourth-order valence-corrected chi connectivity index (χ4v) is 4.34. The topological polar surface area (TPSA) is 71.4 Å². The zero-order chi connectivity index (χ0) is 17.1. The quantitative estimate of drug-likeness (QED) is 0.859. The summed E-state index contributed by atoms with van der Waals surface area (Å²) >= 11 is 8.78. The van der Waals surface area contributed by atoms with E-state index >= 15 is 0 Å². The zero-order valence-corrected chi connectivity index (χ0v) is 15.2. The summed E-state index contributed by atoms with van der Waals surface area (Å²) < 4.78 is 0. The Labute approximate surface area is 152 Å². The van der Waals surface area contributed by atoms with Crippen molar-refractivity contribution in [1.29, 1.82) is 0 Å². The van der Waals surface area contributed by atoms with E-state index in [4.69, 9.17) is 11.6 Å². The van der Waals surface area contributed by atoms with Crippen LogP contribution in [-0.2, 0) is 16.0 Å². The first-order chi connectivity index (χ1) is 11.5. The van der Waals surface area contributed by atoms with E-state index in [1.807, 2.05) is 12.3 Å². The van der Waals surface area contributed by atoms with E-state index in [0.29, 0.717) is 17.1 Å². The van der Waals surface area contributed by atoms with Crippen molar-refractivity contribution in [3.63, 3.8) is 0 Å². The van der Waals surface area contributed by atoms with E-state index in [1.165, 1.54) is 11.8 Å². The normalized spacial score (nSPS) is 17.0. The van der Waals surface area contributed by atoms with Crippen molar-refractivity contribution in [1.82, 2.24) is 4.98 Å². The summed E-state index contributed by atoms with van der Waals surface area (Å²) in [6.07, 6.45) is 0.626. The van der Waals surface area contributed by atoms with Crippen LogP contribution < -0.4 is 5.32 Å². The molecule has 0 saturated heterocycles. The van der Waals surface area contributed by atoms with Crippen LogP contribution in [0.3, 0.4) is 0 Å². The van der Waals surface area contributed by atoms with Gasteiger partial charge in [0.05, 0.1) is 10.1 Å². The van der Waals surface area contributed by atoms with Crippen LogP contribution in [0.15, 0.2) is 34.6 Å². The first-order valence-electron chi connectivity index (χ1n) is 7.24. The van der Waals surface area contributed by atoms with E-state index in [1.54, 1.807) is 35.6 Å². The average molecular weight is 380 g/mol. The number of thiazole rings is 1. The van der Waals surface area contributed by atoms with E-state index in [0.717, 1.165) is 15.7 Å². The third kappa shape index (κ3) is 4.43. The van der Waals surface area contributed by atoms with Crippen molar-refractivity contribution in [3.8, 4) is 0 Å². The molecule has 0 fully saturated rings. The summed E-state index contributed by atoms with van der Waals surface area (Å²) in [6, 6.07) is 6.90. The molecule has 2 amide bonds. The Balaban J connectivity index is 1.55. The van der Waals surface area contributed by atoms with Gasteiger partial charge >= 0.3 is 0 Å². The maximum atomic E-state index is 12.1. The highest BCUT2D eigenvalue weighted by atomic mass is 35.5. The summed E-state index contributed by atoms with van der Waals surface area (Å²) in [7, 11) is 0. The number of nitrogens with zero attached hydrogens (tertiary/aromatic N) is 2. The molecule has 0 radical (unpaired) electrons. The number of nitrogens with one attached hydrogen (secondary N) is 1. The Morgan fingerprint density at radius 1 is 1.42 bits per heavy atom. The zero-order valence-electron chi connectivity index (χ0n) is 12.8. The van der Waals surface area contributed by atoms with Crippen LogP contribution in [0.5, 0.6) is 0 Å². The van der Waals surface area contributed by atoms with Gasteiger partial charge in [-0.05, 0) is 25.1 Å². The molecule has 2 heterocycles. The van der Waals surface area contributed by atoms with Gasteiger partial charge in [-0.2, -0.15) is 0 Å². The summed E-state index contributed by atoms with van der Waals surface area (Å²) in [4.78, 5) is 32.5. The Kier molecular flexibility index (Phi) is 5.33. The van der Waals surface area contributed by atoms with Crippen molar-refractivity contribution < 1.29 is 9.59 Å². The summed E-state index contributed by atoms with van der Waals surface area (Å²) in [6.45, 7) is 1.93. The first kappa shape index (κ1) is 17.1. The number of halogens is 1. The molecule has 0 bridgehead atoms. The summed E-state index contributed by atoms with van der Waals surface area (Å²) in [5.74, 6) is -0.491. The molecule has 0 unspecified atom stereocenters. The SMILES string of the molecule is Cc1csc(CC2=NC(=O)[C@H](CC(=O)Nc3cccc(Cl)c3)S2)n1. The van der Waals surface area contributed by atoms with Gasteiger partial charge in [0.2, 0.25) is 5.91 Å². The van der Waals surface area contributed by atoms with Crippen LogP contribution in [0.1, 0.15) is 17.1 Å². The number of amides is 2. The third-order valence-electron chi connectivity index (χ3n) is 3.24. The minimum atomic E-state index is -0.472. The van der Waals surface area contributed by atoms with Crippen LogP contribution >= 0.6 is 34.7 Å². The minimum absolute atomic E-state index is 0.0832. The number of aryl methyl sites for hydroxylation is 1. The second-order valence-electron chi connectivity index (χ2n) is 5.27. The number of rotatable bonds is 5. The number of thioether (sulfide) groups is 1. The van der Waals surface area contributed by atoms with Gasteiger partial charge < -0.3 is 5.32 Å². The lowest BCUT2D eigenvalue weighted by molar-refractivity contribution is -0.121. The standard InChI is InChI=1S/C16H14ClN3O2S2/c1-9-8-23-14(18-9)7-15-20-16(22)12(24-15)6-13(21)19-11-4-2-3-10(17)5-11/h2-5,8,12H,6-7H2,1H3,(H,19,21)/t12-/m0/s1. The molecule has 8 heteroatoms. The van der Waals surface area contributed by atoms with Crippen LogP contribution in [0.2, 0.25) is 5.02 Å². The predicted octanol–water partition coefficient (Wildman–Crippen LogP) is 3.72. The van der Waals surface area contributed by atoms with Gasteiger partial charge in [-0.25, -0.2) is 9.98 Å². The highest BCUT2D eigenvalue weighted by Gasteiger charge is 2.30. The van der Waals surface area contributed by atoms with Gasteiger partial charge in [-0.3, -0.25) is 9.59 Å². The van der Waals surface area contributed by atoms with Crippen molar-refractivity contribution in [2.24, 2.45) is 4.99 Å². The second-order valence-corrected chi connectivity index (χ2v) is 7.93. The maximum absolute atomic E-state index is 12.1. The van der Waals surface area contributed by atoms with Gasteiger partial charge in [0, 0.05) is 34.6 Å². The molecule has 0 aliphatic carbocycles. The largest absolute Gasteiger partial charge is 0.326 e. The van der Waals surface area contributed by atoms with Gasteiger partial charge in [-0.15, -0.1) is 11.3 Å². The van der Waals surface area contributed by atoms with E-state index in [9.17, 15) is 9.59 Å². The number of aromatic nitrogens is 1. The predicted molar refractivity (Wildman–Crippen MR) is 99.1 cm³/mol. The van der Waals surface area contributed by atoms with Gasteiger partial charge in [0.1, 0.15) is 5.25 Å². The number of hydrogen-bond donors (Lipinski definition) is 1. The fourth-order valence-electron chi connectivity index (χ4n) is 2.21. The molecule has 1 atom stereocenters. The van der Waals surface area contributed by atoms with E-state index in [2.05, 4.69) is 15.3 Å². The molecular formula is C16H14ClN3O2S2. The third-order valence-corrected chi connectivity index (χ3v) is 5.60. The Morgan fingerprint density at radius 3 is 2.96 bits per heavy atom. The van der Waals surface area contributed by atoms with E-state index < -0.39 is 5.25 Å². The lowest BCUT2D eigenvalue weighted by Crippen LogP contribution is -2.21. The molecular weight excluding hydrogens is 366 g/mol. The molecule has 1 aliphatic rings. The van der Waals surface area contributed by atoms with Crippen molar-refractivity contribution in [2.45, 2.75) is 25.0 Å². The Morgan fingerprint density at radius 2 is 2.25 bits per heavy atom. The fraction of sp³-hybridized carbons (Fsp3) is 0.250. The lowest BCUT2D eigenvalue weighted by Gasteiger charge is -2.08. The number of carbonyl (C=O) groups is 2. The summed E-state index contributed by atoms with van der Waals surface area (Å²) in [5.41, 5.74) is 1.57. The molecule has 1 N–H and O–H groups in total. The number of hydrogen-bond acceptors (Lipinski definition) is 5. The van der Waals surface area contributed by atoms with Gasteiger partial charge in [0.15, 0.2) is 0 Å². The Hall–Kier alpha value is -1.70. The van der Waals surface area contributed by atoms with Crippen molar-refractivity contribution >= 4 is 57.2 Å². The molecule has 1 aromatic carbocycles. The van der Waals surface area contributed by atoms with E-state index in [-0.39, 0.29) is 18.2 Å². The van der Waals surface area contributed by atoms with Crippen LogP contribution in [0.4, 0.5) is 5.69 Å².